The van der Waals surface area contributed by atoms with Crippen LogP contribution >= 0.6 is 11.6 Å². The number of halogens is 1. The van der Waals surface area contributed by atoms with Gasteiger partial charge in [0.05, 0.1) is 11.3 Å². The van der Waals surface area contributed by atoms with Gasteiger partial charge in [-0.1, -0.05) is 35.9 Å². The summed E-state index contributed by atoms with van der Waals surface area (Å²) in [4.78, 5) is 55.0. The minimum atomic E-state index is -1.56. The molecule has 1 atom stereocenters. The highest BCUT2D eigenvalue weighted by Crippen LogP contribution is 2.49. The van der Waals surface area contributed by atoms with Gasteiger partial charge < -0.3 is 15.0 Å². The molecule has 1 unspecified atom stereocenters. The number of para-hydroxylation sites is 1. The molecule has 1 aliphatic carbocycles. The lowest BCUT2D eigenvalue weighted by atomic mass is 9.96. The summed E-state index contributed by atoms with van der Waals surface area (Å²) in [6, 6.07) is 13.7. The number of rotatable bonds is 6. The van der Waals surface area contributed by atoms with E-state index in [1.807, 2.05) is 0 Å². The fourth-order valence-electron chi connectivity index (χ4n) is 4.61. The Kier molecular flexibility index (Phi) is 5.32. The van der Waals surface area contributed by atoms with Crippen molar-refractivity contribution in [2.75, 3.05) is 11.5 Å². The number of nitrogens with one attached hydrogen (secondary N) is 1. The number of hydrogen-bond acceptors (Lipinski definition) is 5. The minimum Gasteiger partial charge on any atom is -0.452 e. The second-order valence-corrected chi connectivity index (χ2v) is 8.89. The van der Waals surface area contributed by atoms with E-state index in [0.717, 1.165) is 18.4 Å². The molecular formula is C24H22ClN3O5. The molecule has 1 saturated heterocycles. The zero-order valence-electron chi connectivity index (χ0n) is 17.8. The Morgan fingerprint density at radius 1 is 1.09 bits per heavy atom. The largest absolute Gasteiger partial charge is 0.452 e. The third kappa shape index (κ3) is 3.64. The van der Waals surface area contributed by atoms with Crippen LogP contribution < -0.4 is 10.2 Å². The van der Waals surface area contributed by atoms with Crippen molar-refractivity contribution in [2.24, 2.45) is 0 Å². The van der Waals surface area contributed by atoms with Gasteiger partial charge in [-0.3, -0.25) is 19.3 Å². The number of amides is 3. The van der Waals surface area contributed by atoms with Crippen LogP contribution in [0.2, 0.25) is 5.02 Å². The van der Waals surface area contributed by atoms with Gasteiger partial charge in [0, 0.05) is 30.5 Å². The number of nitrogens with zero attached hydrogens (tertiary/aromatic N) is 2. The maximum absolute atomic E-state index is 13.5. The number of fused-ring (bicyclic) bond motifs is 3. The average Bonchev–Trinajstić information content (AvgIpc) is 3.59. The van der Waals surface area contributed by atoms with E-state index in [4.69, 9.17) is 16.3 Å². The van der Waals surface area contributed by atoms with Crippen molar-refractivity contribution in [1.82, 2.24) is 10.2 Å². The molecule has 3 aliphatic rings. The van der Waals surface area contributed by atoms with Gasteiger partial charge in [-0.15, -0.1) is 0 Å². The van der Waals surface area contributed by atoms with Crippen molar-refractivity contribution in [1.29, 1.82) is 0 Å². The van der Waals surface area contributed by atoms with Crippen LogP contribution in [0.25, 0.3) is 0 Å². The van der Waals surface area contributed by atoms with Crippen molar-refractivity contribution in [3.63, 3.8) is 0 Å². The van der Waals surface area contributed by atoms with Gasteiger partial charge in [-0.2, -0.15) is 0 Å². The quantitative estimate of drug-likeness (QED) is 0.659. The fraction of sp³-hybridized carbons (Fsp3) is 0.333. The molecule has 3 amide bonds. The fourth-order valence-corrected chi connectivity index (χ4v) is 4.74. The molecule has 9 heteroatoms. The average molecular weight is 468 g/mol. The molecule has 5 rings (SSSR count). The Morgan fingerprint density at radius 2 is 1.82 bits per heavy atom. The number of benzene rings is 2. The monoisotopic (exact) mass is 467 g/mol. The van der Waals surface area contributed by atoms with Crippen LogP contribution in [-0.2, 0) is 25.7 Å². The highest BCUT2D eigenvalue weighted by atomic mass is 35.5. The molecule has 2 heterocycles. The van der Waals surface area contributed by atoms with E-state index in [1.165, 1.54) is 9.80 Å². The number of ether oxygens (including phenoxy) is 1. The van der Waals surface area contributed by atoms with E-state index in [-0.39, 0.29) is 37.2 Å². The summed E-state index contributed by atoms with van der Waals surface area (Å²) in [6.45, 7) is -0.256. The molecule has 170 valence electrons. The second kappa shape index (κ2) is 8.19. The minimum absolute atomic E-state index is 0.114. The molecule has 33 heavy (non-hydrogen) atoms. The maximum atomic E-state index is 13.5. The lowest BCUT2D eigenvalue weighted by molar-refractivity contribution is -0.160. The van der Waals surface area contributed by atoms with Crippen LogP contribution in [0, 0.1) is 0 Å². The number of esters is 1. The highest BCUT2D eigenvalue weighted by Gasteiger charge is 2.64. The van der Waals surface area contributed by atoms with Gasteiger partial charge in [0.1, 0.15) is 0 Å². The zero-order chi connectivity index (χ0) is 23.2. The van der Waals surface area contributed by atoms with Crippen LogP contribution in [0.4, 0.5) is 5.69 Å². The number of hydrogen-bond donors (Lipinski definition) is 1. The first kappa shape index (κ1) is 21.5. The van der Waals surface area contributed by atoms with Crippen molar-refractivity contribution >= 4 is 41.0 Å². The Hall–Kier alpha value is -3.39. The van der Waals surface area contributed by atoms with Gasteiger partial charge in [0.25, 0.3) is 11.8 Å². The highest BCUT2D eigenvalue weighted by molar-refractivity contribution is 6.30. The maximum Gasteiger partial charge on any atom is 0.354 e. The molecule has 2 aliphatic heterocycles. The Balaban J connectivity index is 1.35. The van der Waals surface area contributed by atoms with Crippen LogP contribution in [0.3, 0.4) is 0 Å². The Bertz CT molecular complexity index is 1150. The third-order valence-corrected chi connectivity index (χ3v) is 6.53. The number of anilines is 1. The topological polar surface area (TPSA) is 96.0 Å². The lowest BCUT2D eigenvalue weighted by Gasteiger charge is -2.48. The molecule has 1 saturated carbocycles. The molecule has 2 aromatic carbocycles. The first-order valence-corrected chi connectivity index (χ1v) is 11.2. The summed E-state index contributed by atoms with van der Waals surface area (Å²) < 4.78 is 5.42. The molecule has 1 N–H and O–H groups in total. The van der Waals surface area contributed by atoms with E-state index in [0.29, 0.717) is 16.3 Å². The van der Waals surface area contributed by atoms with E-state index in [1.54, 1.807) is 48.5 Å². The van der Waals surface area contributed by atoms with Crippen molar-refractivity contribution < 1.29 is 23.9 Å². The molecule has 0 aromatic heterocycles. The molecule has 0 bridgehead atoms. The van der Waals surface area contributed by atoms with E-state index in [9.17, 15) is 19.2 Å². The SMILES string of the molecule is O=C(COC(=O)C12CCC(=O)N1c1ccccc1C(=O)N2C1CC1)NCc1ccc(Cl)cc1. The summed E-state index contributed by atoms with van der Waals surface area (Å²) in [5.74, 6) is -1.77. The molecular weight excluding hydrogens is 446 g/mol. The van der Waals surface area contributed by atoms with Crippen LogP contribution in [-0.4, -0.2) is 46.9 Å². The van der Waals surface area contributed by atoms with Crippen LogP contribution in [0.5, 0.6) is 0 Å². The second-order valence-electron chi connectivity index (χ2n) is 8.45. The van der Waals surface area contributed by atoms with Gasteiger partial charge in [0.2, 0.25) is 11.6 Å². The van der Waals surface area contributed by atoms with Crippen molar-refractivity contribution in [3.8, 4) is 0 Å². The van der Waals surface area contributed by atoms with Crippen LogP contribution in [0.15, 0.2) is 48.5 Å². The standard InChI is InChI=1S/C24H22ClN3O5/c25-16-7-5-15(6-8-16)13-26-20(29)14-33-23(32)24-12-11-21(30)28(24)19-4-2-1-3-18(19)22(31)27(24)17-9-10-17/h1-8,17H,9-14H2,(H,26,29). The zero-order valence-corrected chi connectivity index (χ0v) is 18.5. The van der Waals surface area contributed by atoms with Gasteiger partial charge >= 0.3 is 5.97 Å². The predicted molar refractivity (Wildman–Crippen MR) is 119 cm³/mol. The smallest absolute Gasteiger partial charge is 0.354 e. The van der Waals surface area contributed by atoms with E-state index < -0.39 is 24.1 Å². The number of carbonyl (C=O) groups excluding carboxylic acids is 4. The Morgan fingerprint density at radius 3 is 2.55 bits per heavy atom. The number of carbonyl (C=O) groups is 4. The summed E-state index contributed by atoms with van der Waals surface area (Å²) in [5.41, 5.74) is 0.0922. The molecule has 0 radical (unpaired) electrons. The summed E-state index contributed by atoms with van der Waals surface area (Å²) in [7, 11) is 0. The predicted octanol–water partition coefficient (Wildman–Crippen LogP) is 2.64. The van der Waals surface area contributed by atoms with E-state index >= 15 is 0 Å². The molecule has 2 aromatic rings. The van der Waals surface area contributed by atoms with Crippen molar-refractivity contribution in [3.05, 3.63) is 64.7 Å². The third-order valence-electron chi connectivity index (χ3n) is 6.28. The lowest BCUT2D eigenvalue weighted by Crippen LogP contribution is -2.69. The molecule has 0 spiro atoms. The first-order chi connectivity index (χ1) is 15.9. The van der Waals surface area contributed by atoms with E-state index in [2.05, 4.69) is 5.32 Å². The summed E-state index contributed by atoms with van der Waals surface area (Å²) in [6.07, 6.45) is 1.76. The van der Waals surface area contributed by atoms with Gasteiger partial charge in [-0.25, -0.2) is 4.79 Å². The summed E-state index contributed by atoms with van der Waals surface area (Å²) in [5, 5.41) is 3.29. The molecule has 8 nitrogen and oxygen atoms in total. The van der Waals surface area contributed by atoms with Crippen LogP contribution in [0.1, 0.15) is 41.6 Å². The van der Waals surface area contributed by atoms with Gasteiger partial charge in [-0.05, 0) is 42.7 Å². The molecule has 2 fully saturated rings. The summed E-state index contributed by atoms with van der Waals surface area (Å²) >= 11 is 5.87. The Labute approximate surface area is 195 Å². The first-order valence-electron chi connectivity index (χ1n) is 10.9. The van der Waals surface area contributed by atoms with Crippen molar-refractivity contribution in [2.45, 2.75) is 43.9 Å². The normalized spacial score (nSPS) is 21.5. The van der Waals surface area contributed by atoms with Gasteiger partial charge in [0.15, 0.2) is 6.61 Å².